The first kappa shape index (κ1) is 11.4. The second-order valence-electron chi connectivity index (χ2n) is 4.16. The maximum Gasteiger partial charge on any atom is 0.413 e. The van der Waals surface area contributed by atoms with Crippen LogP contribution in [0.15, 0.2) is 12.4 Å². The highest BCUT2D eigenvalue weighted by molar-refractivity contribution is 5.81. The molecule has 0 saturated carbocycles. The summed E-state index contributed by atoms with van der Waals surface area (Å²) in [6, 6.07) is 0. The number of amides is 1. The standard InChI is InChI=1S/C10H15N3O2/c1-10(2,3)7-5-11-8(12-6-7)13-9(14)15-4/h5-6H,1-4H3,(H,11,12,13,14). The molecule has 0 unspecified atom stereocenters. The largest absolute Gasteiger partial charge is 0.453 e. The lowest BCUT2D eigenvalue weighted by atomic mass is 9.89. The Balaban J connectivity index is 2.77. The Hall–Kier alpha value is -1.65. The molecule has 1 amide bonds. The summed E-state index contributed by atoms with van der Waals surface area (Å²) in [5.41, 5.74) is 1.02. The van der Waals surface area contributed by atoms with Crippen molar-refractivity contribution in [1.29, 1.82) is 0 Å². The molecule has 5 nitrogen and oxygen atoms in total. The maximum atomic E-state index is 10.8. The molecule has 0 fully saturated rings. The summed E-state index contributed by atoms with van der Waals surface area (Å²) in [7, 11) is 1.29. The van der Waals surface area contributed by atoms with Crippen LogP contribution in [0.5, 0.6) is 0 Å². The van der Waals surface area contributed by atoms with Crippen molar-refractivity contribution in [3.05, 3.63) is 18.0 Å². The van der Waals surface area contributed by atoms with Crippen LogP contribution in [0.1, 0.15) is 26.3 Å². The molecule has 0 radical (unpaired) electrons. The van der Waals surface area contributed by atoms with E-state index in [1.165, 1.54) is 7.11 Å². The van der Waals surface area contributed by atoms with Crippen molar-refractivity contribution < 1.29 is 9.53 Å². The van der Waals surface area contributed by atoms with Gasteiger partial charge in [0, 0.05) is 12.4 Å². The lowest BCUT2D eigenvalue weighted by molar-refractivity contribution is 0.186. The molecule has 0 aliphatic heterocycles. The van der Waals surface area contributed by atoms with E-state index in [1.807, 2.05) is 0 Å². The number of anilines is 1. The van der Waals surface area contributed by atoms with E-state index in [9.17, 15) is 4.79 Å². The average molecular weight is 209 g/mol. The maximum absolute atomic E-state index is 10.8. The van der Waals surface area contributed by atoms with E-state index < -0.39 is 6.09 Å². The van der Waals surface area contributed by atoms with Gasteiger partial charge in [0.15, 0.2) is 0 Å². The molecule has 5 heteroatoms. The van der Waals surface area contributed by atoms with Crippen molar-refractivity contribution >= 4 is 12.0 Å². The van der Waals surface area contributed by atoms with E-state index in [1.54, 1.807) is 12.4 Å². The number of hydrogen-bond acceptors (Lipinski definition) is 4. The molecule has 1 rings (SSSR count). The third-order valence-electron chi connectivity index (χ3n) is 1.92. The minimum absolute atomic E-state index is 0.00377. The summed E-state index contributed by atoms with van der Waals surface area (Å²) in [5, 5.41) is 2.39. The van der Waals surface area contributed by atoms with Crippen molar-refractivity contribution in [3.8, 4) is 0 Å². The van der Waals surface area contributed by atoms with Crippen molar-refractivity contribution in [2.24, 2.45) is 0 Å². The summed E-state index contributed by atoms with van der Waals surface area (Å²) < 4.78 is 4.42. The predicted molar refractivity (Wildman–Crippen MR) is 56.8 cm³/mol. The van der Waals surface area contributed by atoms with Crippen LogP contribution in [0, 0.1) is 0 Å². The predicted octanol–water partition coefficient (Wildman–Crippen LogP) is 1.95. The van der Waals surface area contributed by atoms with Gasteiger partial charge in [0.2, 0.25) is 5.95 Å². The quantitative estimate of drug-likeness (QED) is 0.767. The van der Waals surface area contributed by atoms with Gasteiger partial charge in [0.05, 0.1) is 7.11 Å². The third kappa shape index (κ3) is 3.19. The molecule has 1 aromatic rings. The first-order valence-corrected chi connectivity index (χ1v) is 4.61. The molecule has 1 aromatic heterocycles. The van der Waals surface area contributed by atoms with Gasteiger partial charge in [-0.05, 0) is 11.0 Å². The van der Waals surface area contributed by atoms with Crippen molar-refractivity contribution in [1.82, 2.24) is 9.97 Å². The summed E-state index contributed by atoms with van der Waals surface area (Å²) in [6.07, 6.45) is 2.81. The molecule has 0 aliphatic rings. The molecule has 82 valence electrons. The molecule has 0 aromatic carbocycles. The van der Waals surface area contributed by atoms with Crippen LogP contribution >= 0.6 is 0 Å². The monoisotopic (exact) mass is 209 g/mol. The van der Waals surface area contributed by atoms with E-state index in [2.05, 4.69) is 40.8 Å². The van der Waals surface area contributed by atoms with Crippen molar-refractivity contribution in [3.63, 3.8) is 0 Å². The van der Waals surface area contributed by atoms with Gasteiger partial charge in [-0.3, -0.25) is 5.32 Å². The fourth-order valence-corrected chi connectivity index (χ4v) is 0.922. The van der Waals surface area contributed by atoms with Crippen molar-refractivity contribution in [2.75, 3.05) is 12.4 Å². The normalized spacial score (nSPS) is 10.9. The Morgan fingerprint density at radius 2 is 1.87 bits per heavy atom. The number of ether oxygens (including phenoxy) is 1. The molecule has 0 spiro atoms. The van der Waals surface area contributed by atoms with Gasteiger partial charge in [0.25, 0.3) is 0 Å². The number of rotatable bonds is 1. The van der Waals surface area contributed by atoms with Crippen LogP contribution in [0.3, 0.4) is 0 Å². The topological polar surface area (TPSA) is 64.1 Å². The lowest BCUT2D eigenvalue weighted by Gasteiger charge is -2.17. The third-order valence-corrected chi connectivity index (χ3v) is 1.92. The van der Waals surface area contributed by atoms with E-state index in [0.29, 0.717) is 0 Å². The average Bonchev–Trinajstić information content (AvgIpc) is 2.17. The number of nitrogens with one attached hydrogen (secondary N) is 1. The molecule has 0 bridgehead atoms. The van der Waals surface area contributed by atoms with Gasteiger partial charge >= 0.3 is 6.09 Å². The molecule has 1 heterocycles. The summed E-state index contributed by atoms with van der Waals surface area (Å²) >= 11 is 0. The van der Waals surface area contributed by atoms with Crippen LogP contribution in [0.4, 0.5) is 10.7 Å². The van der Waals surface area contributed by atoms with Gasteiger partial charge < -0.3 is 4.74 Å². The molecule has 0 aliphatic carbocycles. The highest BCUT2D eigenvalue weighted by Gasteiger charge is 2.14. The van der Waals surface area contributed by atoms with Gasteiger partial charge in [-0.15, -0.1) is 0 Å². The zero-order valence-corrected chi connectivity index (χ0v) is 9.37. The van der Waals surface area contributed by atoms with Crippen LogP contribution in [0.2, 0.25) is 0 Å². The van der Waals surface area contributed by atoms with Gasteiger partial charge in [0.1, 0.15) is 0 Å². The Bertz CT molecular complexity index is 341. The number of aromatic nitrogens is 2. The van der Waals surface area contributed by atoms with Gasteiger partial charge in [-0.25, -0.2) is 14.8 Å². The molecular formula is C10H15N3O2. The Labute approximate surface area is 88.9 Å². The SMILES string of the molecule is COC(=O)Nc1ncc(C(C)(C)C)cn1. The van der Waals surface area contributed by atoms with Crippen LogP contribution in [-0.4, -0.2) is 23.2 Å². The van der Waals surface area contributed by atoms with E-state index in [-0.39, 0.29) is 11.4 Å². The lowest BCUT2D eigenvalue weighted by Crippen LogP contribution is -2.16. The number of nitrogens with zero attached hydrogens (tertiary/aromatic N) is 2. The Kier molecular flexibility index (Phi) is 3.24. The van der Waals surface area contributed by atoms with Gasteiger partial charge in [-0.2, -0.15) is 0 Å². The van der Waals surface area contributed by atoms with E-state index in [4.69, 9.17) is 0 Å². The second kappa shape index (κ2) is 4.25. The number of carbonyl (C=O) groups excluding carboxylic acids is 1. The smallest absolute Gasteiger partial charge is 0.413 e. The van der Waals surface area contributed by atoms with Crippen LogP contribution < -0.4 is 5.32 Å². The first-order valence-electron chi connectivity index (χ1n) is 4.61. The summed E-state index contributed by atoms with van der Waals surface area (Å²) in [5.74, 6) is 0.245. The Morgan fingerprint density at radius 1 is 1.33 bits per heavy atom. The van der Waals surface area contributed by atoms with Crippen LogP contribution in [0.25, 0.3) is 0 Å². The fraction of sp³-hybridized carbons (Fsp3) is 0.500. The number of hydrogen-bond donors (Lipinski definition) is 1. The number of carbonyl (C=O) groups is 1. The van der Waals surface area contributed by atoms with E-state index in [0.717, 1.165) is 5.56 Å². The minimum atomic E-state index is -0.571. The Morgan fingerprint density at radius 3 is 2.27 bits per heavy atom. The molecule has 0 saturated heterocycles. The van der Waals surface area contributed by atoms with E-state index >= 15 is 0 Å². The van der Waals surface area contributed by atoms with Crippen molar-refractivity contribution in [2.45, 2.75) is 26.2 Å². The summed E-state index contributed by atoms with van der Waals surface area (Å²) in [4.78, 5) is 18.9. The second-order valence-corrected chi connectivity index (χ2v) is 4.16. The molecule has 1 N–H and O–H groups in total. The minimum Gasteiger partial charge on any atom is -0.453 e. The molecular weight excluding hydrogens is 194 g/mol. The highest BCUT2D eigenvalue weighted by Crippen LogP contribution is 2.20. The number of methoxy groups -OCH3 is 1. The molecule has 0 atom stereocenters. The summed E-state index contributed by atoms with van der Waals surface area (Å²) in [6.45, 7) is 6.21. The van der Waals surface area contributed by atoms with Gasteiger partial charge in [-0.1, -0.05) is 20.8 Å². The highest BCUT2D eigenvalue weighted by atomic mass is 16.5. The fourth-order valence-electron chi connectivity index (χ4n) is 0.922. The molecule has 15 heavy (non-hydrogen) atoms. The zero-order chi connectivity index (χ0) is 11.5. The zero-order valence-electron chi connectivity index (χ0n) is 9.37. The van der Waals surface area contributed by atoms with Crippen LogP contribution in [-0.2, 0) is 10.2 Å². The first-order chi connectivity index (χ1) is 6.93.